The van der Waals surface area contributed by atoms with Crippen molar-refractivity contribution in [1.82, 2.24) is 4.31 Å². The van der Waals surface area contributed by atoms with E-state index in [2.05, 4.69) is 5.32 Å². The van der Waals surface area contributed by atoms with Crippen LogP contribution in [0.5, 0.6) is 5.75 Å². The molecule has 0 aliphatic carbocycles. The van der Waals surface area contributed by atoms with Gasteiger partial charge in [-0.2, -0.15) is 4.31 Å². The summed E-state index contributed by atoms with van der Waals surface area (Å²) in [6.07, 6.45) is 0.415. The van der Waals surface area contributed by atoms with Gasteiger partial charge in [-0.15, -0.1) is 0 Å². The van der Waals surface area contributed by atoms with Crippen molar-refractivity contribution >= 4 is 33.2 Å². The number of ether oxygens (including phenoxy) is 1. The van der Waals surface area contributed by atoms with Crippen LogP contribution in [-0.4, -0.2) is 38.8 Å². The lowest BCUT2D eigenvalue weighted by molar-refractivity contribution is -0.120. The van der Waals surface area contributed by atoms with Crippen LogP contribution >= 0.6 is 11.6 Å². The van der Waals surface area contributed by atoms with E-state index in [1.807, 2.05) is 6.07 Å². The third-order valence-corrected chi connectivity index (χ3v) is 7.17. The van der Waals surface area contributed by atoms with Crippen molar-refractivity contribution in [1.29, 1.82) is 0 Å². The minimum atomic E-state index is -3.73. The second-order valence-electron chi connectivity index (χ2n) is 6.49. The number of carbonyl (C=O) groups excluding carboxylic acids is 1. The maximum absolute atomic E-state index is 13.0. The summed E-state index contributed by atoms with van der Waals surface area (Å²) >= 11 is 5.94. The number of nitrogens with one attached hydrogen (secondary N) is 1. The van der Waals surface area contributed by atoms with Crippen molar-refractivity contribution in [2.45, 2.75) is 16.7 Å². The molecule has 1 atom stereocenters. The minimum Gasteiger partial charge on any atom is -0.497 e. The number of rotatable bonds is 3. The van der Waals surface area contributed by atoms with Crippen LogP contribution < -0.4 is 10.1 Å². The number of hydrogen-bond acceptors (Lipinski definition) is 4. The highest BCUT2D eigenvalue weighted by Gasteiger charge is 2.53. The summed E-state index contributed by atoms with van der Waals surface area (Å²) in [5.74, 6) is 0.459. The molecule has 26 heavy (non-hydrogen) atoms. The molecule has 0 saturated carbocycles. The van der Waals surface area contributed by atoms with E-state index in [0.717, 1.165) is 5.56 Å². The zero-order chi connectivity index (χ0) is 18.5. The Morgan fingerprint density at radius 3 is 2.77 bits per heavy atom. The fraction of sp³-hybridized carbons (Fsp3) is 0.278. The molecule has 1 saturated heterocycles. The van der Waals surface area contributed by atoms with E-state index >= 15 is 0 Å². The van der Waals surface area contributed by atoms with Crippen molar-refractivity contribution in [2.75, 3.05) is 25.5 Å². The molecule has 1 spiro atoms. The molecule has 1 fully saturated rings. The topological polar surface area (TPSA) is 75.7 Å². The Bertz CT molecular complexity index is 1010. The van der Waals surface area contributed by atoms with Crippen LogP contribution in [-0.2, 0) is 20.2 Å². The van der Waals surface area contributed by atoms with E-state index in [0.29, 0.717) is 22.9 Å². The molecule has 2 heterocycles. The molecule has 2 aliphatic heterocycles. The Kier molecular flexibility index (Phi) is 3.98. The average Bonchev–Trinajstić information content (AvgIpc) is 3.19. The van der Waals surface area contributed by atoms with E-state index in [-0.39, 0.29) is 23.9 Å². The molecule has 1 amide bonds. The van der Waals surface area contributed by atoms with Gasteiger partial charge in [-0.25, -0.2) is 8.42 Å². The van der Waals surface area contributed by atoms with Crippen LogP contribution in [0.25, 0.3) is 0 Å². The number of carbonyl (C=O) groups is 1. The highest BCUT2D eigenvalue weighted by atomic mass is 35.5. The van der Waals surface area contributed by atoms with E-state index < -0.39 is 15.4 Å². The van der Waals surface area contributed by atoms with E-state index in [9.17, 15) is 13.2 Å². The summed E-state index contributed by atoms with van der Waals surface area (Å²) in [6, 6.07) is 11.5. The second-order valence-corrected chi connectivity index (χ2v) is 8.87. The monoisotopic (exact) mass is 392 g/mol. The molecule has 1 unspecified atom stereocenters. The fourth-order valence-corrected chi connectivity index (χ4v) is 5.48. The van der Waals surface area contributed by atoms with Gasteiger partial charge in [0.25, 0.3) is 0 Å². The lowest BCUT2D eigenvalue weighted by Crippen LogP contribution is -2.39. The first-order valence-corrected chi connectivity index (χ1v) is 9.94. The van der Waals surface area contributed by atoms with Crippen molar-refractivity contribution in [3.8, 4) is 5.75 Å². The minimum absolute atomic E-state index is 0.0911. The van der Waals surface area contributed by atoms with Crippen LogP contribution in [0.4, 0.5) is 5.69 Å². The van der Waals surface area contributed by atoms with Gasteiger partial charge in [-0.3, -0.25) is 4.79 Å². The number of methoxy groups -OCH3 is 1. The number of nitrogens with zero attached hydrogens (tertiary/aromatic N) is 1. The molecule has 136 valence electrons. The largest absolute Gasteiger partial charge is 0.497 e. The van der Waals surface area contributed by atoms with Crippen LogP contribution in [0, 0.1) is 0 Å². The molecular formula is C18H17ClN2O4S. The SMILES string of the molecule is COc1ccc2c(c1)C1(CCN(S(=O)(=O)c3cccc(Cl)c3)C1)C(=O)N2. The summed E-state index contributed by atoms with van der Waals surface area (Å²) in [4.78, 5) is 12.9. The normalized spacial score (nSPS) is 22.5. The molecule has 0 bridgehead atoms. The molecular weight excluding hydrogens is 376 g/mol. The molecule has 1 N–H and O–H groups in total. The number of fused-ring (bicyclic) bond motifs is 2. The highest BCUT2D eigenvalue weighted by Crippen LogP contribution is 2.46. The highest BCUT2D eigenvalue weighted by molar-refractivity contribution is 7.89. The summed E-state index contributed by atoms with van der Waals surface area (Å²) in [5, 5.41) is 3.22. The van der Waals surface area contributed by atoms with Gasteiger partial charge < -0.3 is 10.1 Å². The van der Waals surface area contributed by atoms with Gasteiger partial charge in [0.05, 0.1) is 17.4 Å². The lowest BCUT2D eigenvalue weighted by atomic mass is 9.81. The zero-order valence-electron chi connectivity index (χ0n) is 14.0. The van der Waals surface area contributed by atoms with E-state index in [4.69, 9.17) is 16.3 Å². The number of benzene rings is 2. The molecule has 6 nitrogen and oxygen atoms in total. The third-order valence-electron chi connectivity index (χ3n) is 5.09. The van der Waals surface area contributed by atoms with Gasteiger partial charge in [0.15, 0.2) is 0 Å². The van der Waals surface area contributed by atoms with Gasteiger partial charge >= 0.3 is 0 Å². The zero-order valence-corrected chi connectivity index (χ0v) is 15.6. The standard InChI is InChI=1S/C18H17ClN2O4S/c1-25-13-5-6-16-15(10-13)18(17(22)20-16)7-8-21(11-18)26(23,24)14-4-2-3-12(19)9-14/h2-6,9-10H,7-8,11H2,1H3,(H,20,22). The van der Waals surface area contributed by atoms with Crippen molar-refractivity contribution in [3.63, 3.8) is 0 Å². The Morgan fingerprint density at radius 2 is 2.04 bits per heavy atom. The molecule has 0 aromatic heterocycles. The van der Waals surface area contributed by atoms with Crippen molar-refractivity contribution < 1.29 is 17.9 Å². The first-order chi connectivity index (χ1) is 12.4. The van der Waals surface area contributed by atoms with Gasteiger partial charge in [0.1, 0.15) is 5.75 Å². The Labute approximate surface area is 156 Å². The first kappa shape index (κ1) is 17.3. The number of hydrogen-bond donors (Lipinski definition) is 1. The van der Waals surface area contributed by atoms with Gasteiger partial charge in [0.2, 0.25) is 15.9 Å². The van der Waals surface area contributed by atoms with Crippen LogP contribution in [0.3, 0.4) is 0 Å². The van der Waals surface area contributed by atoms with Crippen LogP contribution in [0.15, 0.2) is 47.4 Å². The van der Waals surface area contributed by atoms with Crippen molar-refractivity contribution in [2.24, 2.45) is 0 Å². The number of anilines is 1. The number of halogens is 1. The van der Waals surface area contributed by atoms with Crippen LogP contribution in [0.2, 0.25) is 5.02 Å². The second kappa shape index (κ2) is 5.97. The molecule has 2 aromatic rings. The first-order valence-electron chi connectivity index (χ1n) is 8.12. The predicted molar refractivity (Wildman–Crippen MR) is 98.1 cm³/mol. The Hall–Kier alpha value is -2.09. The quantitative estimate of drug-likeness (QED) is 0.871. The summed E-state index contributed by atoms with van der Waals surface area (Å²) in [7, 11) is -2.17. The van der Waals surface area contributed by atoms with Gasteiger partial charge in [0, 0.05) is 23.8 Å². The molecule has 4 rings (SSSR count). The summed E-state index contributed by atoms with van der Waals surface area (Å²) in [5.41, 5.74) is 0.596. The van der Waals surface area contributed by atoms with Crippen LogP contribution in [0.1, 0.15) is 12.0 Å². The molecule has 2 aliphatic rings. The fourth-order valence-electron chi connectivity index (χ4n) is 3.68. The van der Waals surface area contributed by atoms with Gasteiger partial charge in [-0.1, -0.05) is 17.7 Å². The van der Waals surface area contributed by atoms with E-state index in [1.54, 1.807) is 31.4 Å². The summed E-state index contributed by atoms with van der Waals surface area (Å²) in [6.45, 7) is 0.354. The average molecular weight is 393 g/mol. The number of amides is 1. The molecule has 0 radical (unpaired) electrons. The molecule has 8 heteroatoms. The Balaban J connectivity index is 1.72. The summed E-state index contributed by atoms with van der Waals surface area (Å²) < 4.78 is 32.6. The third kappa shape index (κ3) is 2.50. The van der Waals surface area contributed by atoms with E-state index in [1.165, 1.54) is 16.4 Å². The Morgan fingerprint density at radius 1 is 1.23 bits per heavy atom. The van der Waals surface area contributed by atoms with Gasteiger partial charge in [-0.05, 0) is 48.4 Å². The van der Waals surface area contributed by atoms with Crippen molar-refractivity contribution in [3.05, 3.63) is 53.1 Å². The maximum Gasteiger partial charge on any atom is 0.243 e. The number of sulfonamides is 1. The molecule has 2 aromatic carbocycles. The smallest absolute Gasteiger partial charge is 0.243 e. The lowest BCUT2D eigenvalue weighted by Gasteiger charge is -2.23. The maximum atomic E-state index is 13.0. The predicted octanol–water partition coefficient (Wildman–Crippen LogP) is 2.63.